The first kappa shape index (κ1) is 15.7. The van der Waals surface area contributed by atoms with Crippen LogP contribution in [0.1, 0.15) is 12.8 Å². The Hall–Kier alpha value is -1.76. The Balaban J connectivity index is 1.46. The van der Waals surface area contributed by atoms with E-state index in [1.165, 1.54) is 0 Å². The predicted octanol–water partition coefficient (Wildman–Crippen LogP) is 1.14. The van der Waals surface area contributed by atoms with Gasteiger partial charge in [-0.15, -0.1) is 0 Å². The first-order chi connectivity index (χ1) is 11.7. The molecule has 4 heterocycles. The van der Waals surface area contributed by atoms with E-state index in [0.29, 0.717) is 45.1 Å². The number of nitrogens with zero attached hydrogens (tertiary/aromatic N) is 4. The molecule has 0 saturated carbocycles. The SMILES string of the molecule is O=C([C@@H]1COC[C@@H]2CN(c3ncccn3)C[C@@H]21)N1CCC(F)CC1. The van der Waals surface area contributed by atoms with Crippen LogP contribution in [0.5, 0.6) is 0 Å². The minimum absolute atomic E-state index is 0.131. The summed E-state index contributed by atoms with van der Waals surface area (Å²) in [6, 6.07) is 1.80. The molecule has 0 aromatic carbocycles. The number of hydrogen-bond donors (Lipinski definition) is 0. The minimum Gasteiger partial charge on any atom is -0.380 e. The molecular formula is C17H23FN4O2. The lowest BCUT2D eigenvalue weighted by atomic mass is 9.81. The third-order valence-electron chi connectivity index (χ3n) is 5.53. The van der Waals surface area contributed by atoms with Crippen molar-refractivity contribution in [3.63, 3.8) is 0 Å². The van der Waals surface area contributed by atoms with Gasteiger partial charge in [0, 0.05) is 44.5 Å². The topological polar surface area (TPSA) is 58.6 Å². The van der Waals surface area contributed by atoms with Gasteiger partial charge in [-0.3, -0.25) is 4.79 Å². The molecule has 0 radical (unpaired) electrons. The van der Waals surface area contributed by atoms with E-state index in [9.17, 15) is 9.18 Å². The summed E-state index contributed by atoms with van der Waals surface area (Å²) in [5.41, 5.74) is 0. The van der Waals surface area contributed by atoms with E-state index in [2.05, 4.69) is 14.9 Å². The van der Waals surface area contributed by atoms with E-state index in [1.54, 1.807) is 18.5 Å². The monoisotopic (exact) mass is 334 g/mol. The highest BCUT2D eigenvalue weighted by Gasteiger charge is 2.46. The van der Waals surface area contributed by atoms with Gasteiger partial charge in [-0.05, 0) is 24.8 Å². The molecule has 24 heavy (non-hydrogen) atoms. The number of halogens is 1. The Morgan fingerprint density at radius 1 is 1.17 bits per heavy atom. The summed E-state index contributed by atoms with van der Waals surface area (Å²) in [6.07, 6.45) is 3.63. The number of anilines is 1. The highest BCUT2D eigenvalue weighted by atomic mass is 19.1. The first-order valence-corrected chi connectivity index (χ1v) is 8.75. The Morgan fingerprint density at radius 3 is 2.67 bits per heavy atom. The predicted molar refractivity (Wildman–Crippen MR) is 86.2 cm³/mol. The van der Waals surface area contributed by atoms with Crippen LogP contribution in [-0.2, 0) is 9.53 Å². The lowest BCUT2D eigenvalue weighted by Gasteiger charge is -2.37. The second-order valence-corrected chi connectivity index (χ2v) is 7.02. The van der Waals surface area contributed by atoms with Gasteiger partial charge < -0.3 is 14.5 Å². The van der Waals surface area contributed by atoms with Crippen LogP contribution >= 0.6 is 0 Å². The lowest BCUT2D eigenvalue weighted by molar-refractivity contribution is -0.145. The molecule has 1 amide bonds. The van der Waals surface area contributed by atoms with Crippen molar-refractivity contribution in [2.45, 2.75) is 19.0 Å². The number of amides is 1. The van der Waals surface area contributed by atoms with E-state index in [1.807, 2.05) is 4.90 Å². The zero-order valence-electron chi connectivity index (χ0n) is 13.7. The number of piperidine rings is 1. The summed E-state index contributed by atoms with van der Waals surface area (Å²) >= 11 is 0. The lowest BCUT2D eigenvalue weighted by Crippen LogP contribution is -2.49. The van der Waals surface area contributed by atoms with Crippen molar-refractivity contribution in [3.8, 4) is 0 Å². The number of carbonyl (C=O) groups excluding carboxylic acids is 1. The molecule has 7 heteroatoms. The maximum atomic E-state index is 13.3. The number of carbonyl (C=O) groups is 1. The number of fused-ring (bicyclic) bond motifs is 1. The van der Waals surface area contributed by atoms with Crippen molar-refractivity contribution in [3.05, 3.63) is 18.5 Å². The number of rotatable bonds is 2. The van der Waals surface area contributed by atoms with Crippen LogP contribution in [0.3, 0.4) is 0 Å². The summed E-state index contributed by atoms with van der Waals surface area (Å²) in [4.78, 5) is 25.5. The van der Waals surface area contributed by atoms with Crippen LogP contribution in [0.25, 0.3) is 0 Å². The van der Waals surface area contributed by atoms with Crippen LogP contribution in [0.2, 0.25) is 0 Å². The Bertz CT molecular complexity index is 579. The second-order valence-electron chi connectivity index (χ2n) is 7.02. The molecule has 3 atom stereocenters. The van der Waals surface area contributed by atoms with Gasteiger partial charge in [0.25, 0.3) is 0 Å². The van der Waals surface area contributed by atoms with E-state index >= 15 is 0 Å². The standard InChI is InChI=1S/C17H23FN4O2/c18-13-2-6-21(7-3-13)16(23)15-11-24-10-12-8-22(9-14(12)15)17-19-4-1-5-20-17/h1,4-5,12-15H,2-3,6-11H2/t12-,14-,15+/m0/s1. The smallest absolute Gasteiger partial charge is 0.228 e. The third-order valence-corrected chi connectivity index (χ3v) is 5.53. The Kier molecular flexibility index (Phi) is 4.35. The maximum absolute atomic E-state index is 13.3. The molecule has 1 aromatic rings. The fourth-order valence-electron chi connectivity index (χ4n) is 4.17. The molecule has 1 aromatic heterocycles. The number of likely N-dealkylation sites (tertiary alicyclic amines) is 1. The summed E-state index contributed by atoms with van der Waals surface area (Å²) < 4.78 is 19.1. The average Bonchev–Trinajstić information content (AvgIpc) is 3.07. The summed E-state index contributed by atoms with van der Waals surface area (Å²) in [6.45, 7) is 3.82. The van der Waals surface area contributed by atoms with Crippen molar-refractivity contribution < 1.29 is 13.9 Å². The van der Waals surface area contributed by atoms with Crippen molar-refractivity contribution in [1.29, 1.82) is 0 Å². The number of hydrogen-bond acceptors (Lipinski definition) is 5. The van der Waals surface area contributed by atoms with E-state index in [-0.39, 0.29) is 17.7 Å². The van der Waals surface area contributed by atoms with Gasteiger partial charge in [0.2, 0.25) is 11.9 Å². The largest absolute Gasteiger partial charge is 0.380 e. The molecule has 0 spiro atoms. The second kappa shape index (κ2) is 6.63. The van der Waals surface area contributed by atoms with Crippen LogP contribution < -0.4 is 4.90 Å². The minimum atomic E-state index is -0.762. The summed E-state index contributed by atoms with van der Waals surface area (Å²) in [7, 11) is 0. The highest BCUT2D eigenvalue weighted by Crippen LogP contribution is 2.36. The van der Waals surface area contributed by atoms with E-state index in [0.717, 1.165) is 19.0 Å². The number of ether oxygens (including phenoxy) is 1. The van der Waals surface area contributed by atoms with Crippen molar-refractivity contribution in [1.82, 2.24) is 14.9 Å². The van der Waals surface area contributed by atoms with Crippen LogP contribution in [0.15, 0.2) is 18.5 Å². The van der Waals surface area contributed by atoms with Gasteiger partial charge in [0.1, 0.15) is 6.17 Å². The van der Waals surface area contributed by atoms with Gasteiger partial charge in [0.05, 0.1) is 19.1 Å². The van der Waals surface area contributed by atoms with E-state index in [4.69, 9.17) is 4.74 Å². The van der Waals surface area contributed by atoms with Gasteiger partial charge in [0.15, 0.2) is 0 Å². The maximum Gasteiger partial charge on any atom is 0.228 e. The van der Waals surface area contributed by atoms with Crippen molar-refractivity contribution >= 4 is 11.9 Å². The van der Waals surface area contributed by atoms with Crippen molar-refractivity contribution in [2.75, 3.05) is 44.3 Å². The van der Waals surface area contributed by atoms with Gasteiger partial charge in [-0.25, -0.2) is 14.4 Å². The van der Waals surface area contributed by atoms with Crippen molar-refractivity contribution in [2.24, 2.45) is 17.8 Å². The molecule has 3 aliphatic heterocycles. The molecular weight excluding hydrogens is 311 g/mol. The molecule has 0 unspecified atom stereocenters. The van der Waals surface area contributed by atoms with Crippen LogP contribution in [-0.4, -0.2) is 66.3 Å². The molecule has 0 aliphatic carbocycles. The molecule has 0 N–H and O–H groups in total. The summed E-state index contributed by atoms with van der Waals surface area (Å²) in [5, 5.41) is 0. The zero-order valence-corrected chi connectivity index (χ0v) is 13.7. The number of alkyl halides is 1. The fraction of sp³-hybridized carbons (Fsp3) is 0.706. The Labute approximate surface area is 141 Å². The molecule has 130 valence electrons. The zero-order chi connectivity index (χ0) is 16.5. The average molecular weight is 334 g/mol. The molecule has 3 saturated heterocycles. The van der Waals surface area contributed by atoms with Gasteiger partial charge in [-0.2, -0.15) is 0 Å². The molecule has 4 rings (SSSR count). The molecule has 6 nitrogen and oxygen atoms in total. The quantitative estimate of drug-likeness (QED) is 0.812. The third kappa shape index (κ3) is 2.97. The van der Waals surface area contributed by atoms with Gasteiger partial charge >= 0.3 is 0 Å². The van der Waals surface area contributed by atoms with Crippen LogP contribution in [0.4, 0.5) is 10.3 Å². The molecule has 3 fully saturated rings. The summed E-state index contributed by atoms with van der Waals surface area (Å²) in [5.74, 6) is 1.31. The molecule has 0 bridgehead atoms. The van der Waals surface area contributed by atoms with Gasteiger partial charge in [-0.1, -0.05) is 0 Å². The highest BCUT2D eigenvalue weighted by molar-refractivity contribution is 5.79. The van der Waals surface area contributed by atoms with Crippen LogP contribution in [0, 0.1) is 17.8 Å². The van der Waals surface area contributed by atoms with E-state index < -0.39 is 6.17 Å². The fourth-order valence-corrected chi connectivity index (χ4v) is 4.17. The Morgan fingerprint density at radius 2 is 1.92 bits per heavy atom. The molecule has 3 aliphatic rings. The first-order valence-electron chi connectivity index (χ1n) is 8.75. The number of aromatic nitrogens is 2. The normalized spacial score (nSPS) is 31.1.